The molecule has 3 N–H and O–H groups in total. The van der Waals surface area contributed by atoms with Gasteiger partial charge in [-0.05, 0) is 25.0 Å². The third-order valence-corrected chi connectivity index (χ3v) is 6.82. The second-order valence-electron chi connectivity index (χ2n) is 8.44. The average molecular weight is 443 g/mol. The second kappa shape index (κ2) is 7.18. The first kappa shape index (κ1) is 19.5. The fourth-order valence-electron chi connectivity index (χ4n) is 4.60. The number of aliphatic imine (C=N–C) groups is 2. The fourth-order valence-corrected chi connectivity index (χ4v) is 4.89. The number of aromatic nitrogens is 1. The zero-order valence-corrected chi connectivity index (χ0v) is 17.9. The molecule has 0 radical (unpaired) electrons. The molecule has 6 nitrogen and oxygen atoms in total. The molecule has 3 aromatic rings. The summed E-state index contributed by atoms with van der Waals surface area (Å²) < 4.78 is -0.0883. The van der Waals surface area contributed by atoms with Gasteiger partial charge in [0.05, 0.1) is 40.3 Å². The molecular weight excluding hydrogens is 422 g/mol. The van der Waals surface area contributed by atoms with Gasteiger partial charge in [0, 0.05) is 16.9 Å². The van der Waals surface area contributed by atoms with Gasteiger partial charge in [0.1, 0.15) is 11.9 Å². The molecule has 0 spiro atoms. The molecule has 32 heavy (non-hydrogen) atoms. The molecule has 6 rings (SSSR count). The Bertz CT molecular complexity index is 1370. The van der Waals surface area contributed by atoms with Crippen molar-refractivity contribution in [3.05, 3.63) is 89.0 Å². The number of quaternary nitrogens is 1. The SMILES string of the molecule is N[N+]12C=CN=CC1=C(C1CC(O)C1)N=C2c1ccc2ccc(-c3ccccc3)nc2c1Cl. The van der Waals surface area contributed by atoms with E-state index in [0.29, 0.717) is 29.2 Å². The summed E-state index contributed by atoms with van der Waals surface area (Å²) in [6.45, 7) is 0. The van der Waals surface area contributed by atoms with Crippen LogP contribution in [-0.4, -0.2) is 32.8 Å². The van der Waals surface area contributed by atoms with E-state index in [1.807, 2.05) is 60.8 Å². The highest BCUT2D eigenvalue weighted by Gasteiger charge is 2.48. The first-order chi connectivity index (χ1) is 15.5. The van der Waals surface area contributed by atoms with Crippen LogP contribution in [0.5, 0.6) is 0 Å². The number of aliphatic hydroxyl groups excluding tert-OH is 1. The van der Waals surface area contributed by atoms with Crippen molar-refractivity contribution in [3.8, 4) is 11.3 Å². The number of halogens is 1. The van der Waals surface area contributed by atoms with Gasteiger partial charge < -0.3 is 5.11 Å². The average Bonchev–Trinajstić information content (AvgIpc) is 3.10. The predicted octanol–water partition coefficient (Wildman–Crippen LogP) is 4.54. The van der Waals surface area contributed by atoms with Gasteiger partial charge in [-0.15, -0.1) is 4.59 Å². The van der Waals surface area contributed by atoms with E-state index in [9.17, 15) is 5.11 Å². The minimum Gasteiger partial charge on any atom is -0.393 e. The van der Waals surface area contributed by atoms with Gasteiger partial charge in [0.25, 0.3) is 5.84 Å². The molecule has 1 aromatic heterocycles. The lowest BCUT2D eigenvalue weighted by Gasteiger charge is -2.31. The summed E-state index contributed by atoms with van der Waals surface area (Å²) in [4.78, 5) is 14.1. The van der Waals surface area contributed by atoms with E-state index in [-0.39, 0.29) is 16.6 Å². The summed E-state index contributed by atoms with van der Waals surface area (Å²) in [6, 6.07) is 18.0. The van der Waals surface area contributed by atoms with Gasteiger partial charge in [-0.1, -0.05) is 54.1 Å². The third kappa shape index (κ3) is 2.88. The zero-order chi connectivity index (χ0) is 21.9. The van der Waals surface area contributed by atoms with Crippen LogP contribution in [0.1, 0.15) is 18.4 Å². The number of hydrogen-bond donors (Lipinski definition) is 2. The van der Waals surface area contributed by atoms with Crippen molar-refractivity contribution in [3.63, 3.8) is 0 Å². The predicted molar refractivity (Wildman–Crippen MR) is 127 cm³/mol. The molecular formula is C25H21ClN5O+. The highest BCUT2D eigenvalue weighted by atomic mass is 35.5. The van der Waals surface area contributed by atoms with Gasteiger partial charge in [-0.2, -0.15) is 10.8 Å². The lowest BCUT2D eigenvalue weighted by atomic mass is 9.79. The van der Waals surface area contributed by atoms with Crippen molar-refractivity contribution in [2.45, 2.75) is 18.9 Å². The summed E-state index contributed by atoms with van der Waals surface area (Å²) >= 11 is 6.95. The van der Waals surface area contributed by atoms with Crippen molar-refractivity contribution >= 4 is 34.6 Å². The number of pyridine rings is 1. The number of hydrogen-bond acceptors (Lipinski definition) is 5. The maximum Gasteiger partial charge on any atom is 0.266 e. The second-order valence-corrected chi connectivity index (χ2v) is 8.82. The number of nitrogens with two attached hydrogens (primary N) is 1. The third-order valence-electron chi connectivity index (χ3n) is 6.43. The lowest BCUT2D eigenvalue weighted by molar-refractivity contribution is -0.750. The van der Waals surface area contributed by atoms with Crippen molar-refractivity contribution in [2.75, 3.05) is 0 Å². The number of benzene rings is 2. The van der Waals surface area contributed by atoms with E-state index < -0.39 is 0 Å². The van der Waals surface area contributed by atoms with Crippen molar-refractivity contribution < 1.29 is 9.70 Å². The standard InChI is InChI=1S/C25H21ClN5O/c26-22-19(8-6-16-7-9-20(29-24(16)22)15-4-2-1-3-5-15)25-30-23(17-12-18(32)13-17)21-14-28-10-11-31(21,25)27/h1-11,14,17-18,32H,12-13,27H2/q+1. The number of allylic oxidation sites excluding steroid dienone is 2. The molecule has 0 saturated heterocycles. The van der Waals surface area contributed by atoms with E-state index in [1.165, 1.54) is 0 Å². The van der Waals surface area contributed by atoms with Crippen LogP contribution in [0.3, 0.4) is 0 Å². The molecule has 3 aliphatic rings. The first-order valence-corrected chi connectivity index (χ1v) is 11.0. The number of aliphatic hydroxyl groups is 1. The van der Waals surface area contributed by atoms with E-state index in [0.717, 1.165) is 33.6 Å². The molecule has 1 aliphatic carbocycles. The minimum atomic E-state index is -0.284. The zero-order valence-electron chi connectivity index (χ0n) is 17.2. The maximum absolute atomic E-state index is 9.82. The van der Waals surface area contributed by atoms with Crippen molar-refractivity contribution in [1.29, 1.82) is 0 Å². The van der Waals surface area contributed by atoms with Gasteiger partial charge in [-0.25, -0.2) is 4.98 Å². The fraction of sp³-hybridized carbons (Fsp3) is 0.160. The van der Waals surface area contributed by atoms with Gasteiger partial charge in [0.15, 0.2) is 0 Å². The highest BCUT2D eigenvalue weighted by Crippen LogP contribution is 2.43. The Balaban J connectivity index is 1.49. The molecule has 2 aromatic carbocycles. The summed E-state index contributed by atoms with van der Waals surface area (Å²) in [5, 5.41) is 11.3. The first-order valence-electron chi connectivity index (χ1n) is 10.6. The molecule has 1 saturated carbocycles. The van der Waals surface area contributed by atoms with Gasteiger partial charge >= 0.3 is 0 Å². The van der Waals surface area contributed by atoms with Crippen LogP contribution < -0.4 is 5.84 Å². The summed E-state index contributed by atoms with van der Waals surface area (Å²) in [5.74, 6) is 7.65. The summed E-state index contributed by atoms with van der Waals surface area (Å²) in [5.41, 5.74) is 5.04. The summed E-state index contributed by atoms with van der Waals surface area (Å²) in [7, 11) is 0. The Morgan fingerprint density at radius 1 is 1.03 bits per heavy atom. The normalized spacial score (nSPS) is 26.3. The maximum atomic E-state index is 9.82. The minimum absolute atomic E-state index is 0.0883. The number of rotatable bonds is 3. The quantitative estimate of drug-likeness (QED) is 0.461. The van der Waals surface area contributed by atoms with Crippen LogP contribution in [-0.2, 0) is 0 Å². The molecule has 0 amide bonds. The molecule has 7 heteroatoms. The van der Waals surface area contributed by atoms with Crippen LogP contribution in [0.25, 0.3) is 22.2 Å². The largest absolute Gasteiger partial charge is 0.393 e. The van der Waals surface area contributed by atoms with E-state index >= 15 is 0 Å². The Kier molecular flexibility index (Phi) is 4.38. The van der Waals surface area contributed by atoms with E-state index in [4.69, 9.17) is 27.4 Å². The monoisotopic (exact) mass is 442 g/mol. The number of nitrogens with zero attached hydrogens (tertiary/aromatic N) is 4. The highest BCUT2D eigenvalue weighted by molar-refractivity contribution is 6.38. The van der Waals surface area contributed by atoms with Crippen LogP contribution in [0.2, 0.25) is 5.02 Å². The van der Waals surface area contributed by atoms with E-state index in [2.05, 4.69) is 4.99 Å². The molecule has 1 fully saturated rings. The number of fused-ring (bicyclic) bond motifs is 2. The Morgan fingerprint density at radius 3 is 2.59 bits per heavy atom. The summed E-state index contributed by atoms with van der Waals surface area (Å²) in [6.07, 6.45) is 6.33. The molecule has 1 atom stereocenters. The molecule has 3 heterocycles. The smallest absolute Gasteiger partial charge is 0.266 e. The van der Waals surface area contributed by atoms with E-state index in [1.54, 1.807) is 12.4 Å². The molecule has 1 unspecified atom stereocenters. The van der Waals surface area contributed by atoms with Crippen molar-refractivity contribution in [2.24, 2.45) is 21.7 Å². The molecule has 2 aliphatic heterocycles. The van der Waals surface area contributed by atoms with Gasteiger partial charge in [-0.3, -0.25) is 4.99 Å². The molecule has 0 bridgehead atoms. The van der Waals surface area contributed by atoms with Crippen LogP contribution in [0.15, 0.2) is 88.4 Å². The topological polar surface area (TPSA) is 83.9 Å². The van der Waals surface area contributed by atoms with Crippen molar-refractivity contribution in [1.82, 2.24) is 4.98 Å². The Hall–Kier alpha value is -3.16. The lowest BCUT2D eigenvalue weighted by Crippen LogP contribution is -2.53. The van der Waals surface area contributed by atoms with Gasteiger partial charge in [0.2, 0.25) is 5.70 Å². The number of amidine groups is 1. The van der Waals surface area contributed by atoms with Crippen LogP contribution in [0.4, 0.5) is 0 Å². The Morgan fingerprint density at radius 2 is 1.81 bits per heavy atom. The van der Waals surface area contributed by atoms with Crippen LogP contribution in [0, 0.1) is 5.92 Å². The van der Waals surface area contributed by atoms with Crippen LogP contribution >= 0.6 is 11.6 Å². The molecule has 158 valence electrons. The Labute approximate surface area is 190 Å².